The number of hydrogen-bond donors (Lipinski definition) is 0. The van der Waals surface area contributed by atoms with Gasteiger partial charge in [-0.1, -0.05) is 26.7 Å². The molecule has 126 valence electrons. The molecule has 0 aromatic heterocycles. The summed E-state index contributed by atoms with van der Waals surface area (Å²) in [5, 5.41) is 0. The lowest BCUT2D eigenvalue weighted by Gasteiger charge is -2.28. The van der Waals surface area contributed by atoms with Gasteiger partial charge >= 0.3 is 23.5 Å². The van der Waals surface area contributed by atoms with E-state index in [1.165, 1.54) is 0 Å². The topological polar surface area (TPSA) is 96.0 Å². The Labute approximate surface area is 130 Å². The molecule has 22 heavy (non-hydrogen) atoms. The van der Waals surface area contributed by atoms with Gasteiger partial charge in [0.1, 0.15) is 0 Å². The highest BCUT2D eigenvalue weighted by molar-refractivity contribution is 6.42. The van der Waals surface area contributed by atoms with Crippen molar-refractivity contribution in [2.24, 2.45) is 0 Å². The zero-order valence-corrected chi connectivity index (χ0v) is 13.6. The molecule has 0 rings (SSSR count). The molecule has 0 radical (unpaired) electrons. The second-order valence-corrected chi connectivity index (χ2v) is 4.79. The Balaban J connectivity index is 5.30. The van der Waals surface area contributed by atoms with Crippen LogP contribution in [0.4, 0.5) is 0 Å². The van der Waals surface area contributed by atoms with Crippen molar-refractivity contribution in [1.29, 1.82) is 0 Å². The Hall–Kier alpha value is -1.60. The number of esters is 2. The van der Waals surface area contributed by atoms with Gasteiger partial charge < -0.3 is 14.2 Å². The maximum Gasteiger partial charge on any atom is 0.388 e. The van der Waals surface area contributed by atoms with E-state index in [9.17, 15) is 19.2 Å². The zero-order chi connectivity index (χ0) is 17.2. The molecule has 0 N–H and O–H groups in total. The predicted molar refractivity (Wildman–Crippen MR) is 76.9 cm³/mol. The average molecular weight is 316 g/mol. The van der Waals surface area contributed by atoms with Crippen LogP contribution in [0.25, 0.3) is 0 Å². The van der Waals surface area contributed by atoms with Gasteiger partial charge in [-0.2, -0.15) is 0 Å². The van der Waals surface area contributed by atoms with Crippen molar-refractivity contribution in [3.8, 4) is 0 Å². The smallest absolute Gasteiger partial charge is 0.387 e. The lowest BCUT2D eigenvalue weighted by atomic mass is 10.1. The largest absolute Gasteiger partial charge is 0.388 e. The Morgan fingerprint density at radius 1 is 0.864 bits per heavy atom. The van der Waals surface area contributed by atoms with Gasteiger partial charge in [0.05, 0.1) is 13.2 Å². The summed E-state index contributed by atoms with van der Waals surface area (Å²) in [5.41, 5.74) is 0. The molecule has 7 nitrogen and oxygen atoms in total. The van der Waals surface area contributed by atoms with E-state index in [4.69, 9.17) is 9.47 Å². The zero-order valence-electron chi connectivity index (χ0n) is 13.6. The van der Waals surface area contributed by atoms with Gasteiger partial charge in [0.15, 0.2) is 5.78 Å². The van der Waals surface area contributed by atoms with Crippen LogP contribution in [-0.2, 0) is 33.4 Å². The first-order valence-electron chi connectivity index (χ1n) is 7.37. The van der Waals surface area contributed by atoms with Crippen molar-refractivity contribution in [3.63, 3.8) is 0 Å². The third-order valence-electron chi connectivity index (χ3n) is 2.79. The first kappa shape index (κ1) is 20.4. The molecule has 0 amide bonds. The summed E-state index contributed by atoms with van der Waals surface area (Å²) in [4.78, 5) is 46.6. The van der Waals surface area contributed by atoms with Gasteiger partial charge in [-0.15, -0.1) is 0 Å². The molecule has 0 aromatic carbocycles. The van der Waals surface area contributed by atoms with Crippen molar-refractivity contribution in [2.75, 3.05) is 13.2 Å². The quantitative estimate of drug-likeness (QED) is 0.188. The molecule has 0 fully saturated rings. The number of unbranched alkanes of at least 4 members (excludes halogenated alkanes) is 2. The fourth-order valence-corrected chi connectivity index (χ4v) is 1.57. The summed E-state index contributed by atoms with van der Waals surface area (Å²) in [6.45, 7) is 6.03. The van der Waals surface area contributed by atoms with E-state index in [0.29, 0.717) is 12.8 Å². The van der Waals surface area contributed by atoms with Crippen LogP contribution in [0.5, 0.6) is 0 Å². The Bertz CT molecular complexity index is 404. The molecule has 0 saturated carbocycles. The summed E-state index contributed by atoms with van der Waals surface area (Å²) < 4.78 is 14.9. The summed E-state index contributed by atoms with van der Waals surface area (Å²) in [5.74, 6) is -6.82. The van der Waals surface area contributed by atoms with Gasteiger partial charge in [-0.05, 0) is 12.8 Å². The van der Waals surface area contributed by atoms with Crippen LogP contribution in [0.1, 0.15) is 53.4 Å². The first-order valence-corrected chi connectivity index (χ1v) is 7.37. The van der Waals surface area contributed by atoms with Crippen LogP contribution in [-0.4, -0.2) is 42.5 Å². The highest BCUT2D eigenvalue weighted by Gasteiger charge is 2.50. The number of Topliss-reactive ketones (excluding diaryl/α,β-unsaturated/α-hetero) is 2. The summed E-state index contributed by atoms with van der Waals surface area (Å²) in [6, 6.07) is 0. The molecule has 0 bridgehead atoms. The maximum atomic E-state index is 12.2. The van der Waals surface area contributed by atoms with Crippen LogP contribution < -0.4 is 0 Å². The molecule has 0 heterocycles. The summed E-state index contributed by atoms with van der Waals surface area (Å²) >= 11 is 0. The molecule has 0 unspecified atom stereocenters. The third kappa shape index (κ3) is 6.03. The number of carbonyl (C=O) groups is 4. The number of ether oxygens (including phenoxy) is 3. The minimum atomic E-state index is -2.34. The monoisotopic (exact) mass is 316 g/mol. The normalized spacial score (nSPS) is 11.1. The molecule has 0 atom stereocenters. The van der Waals surface area contributed by atoms with Gasteiger partial charge in [-0.25, -0.2) is 4.79 Å². The average Bonchev–Trinajstić information content (AvgIpc) is 2.44. The van der Waals surface area contributed by atoms with Crippen molar-refractivity contribution in [1.82, 2.24) is 0 Å². The van der Waals surface area contributed by atoms with Gasteiger partial charge in [-0.3, -0.25) is 14.4 Å². The van der Waals surface area contributed by atoms with Crippen LogP contribution in [0, 0.1) is 0 Å². The fourth-order valence-electron chi connectivity index (χ4n) is 1.57. The number of carbonyl (C=O) groups excluding carboxylic acids is 4. The van der Waals surface area contributed by atoms with Crippen molar-refractivity contribution < 1.29 is 33.4 Å². The molecule has 0 aliphatic heterocycles. The molecule has 0 aliphatic carbocycles. The molecule has 0 aliphatic rings. The second-order valence-electron chi connectivity index (χ2n) is 4.79. The third-order valence-corrected chi connectivity index (χ3v) is 2.79. The molecule has 0 aromatic rings. The van der Waals surface area contributed by atoms with E-state index >= 15 is 0 Å². The summed E-state index contributed by atoms with van der Waals surface area (Å²) in [7, 11) is 0. The van der Waals surface area contributed by atoms with E-state index in [-0.39, 0.29) is 13.2 Å². The van der Waals surface area contributed by atoms with E-state index in [0.717, 1.165) is 26.7 Å². The van der Waals surface area contributed by atoms with E-state index in [2.05, 4.69) is 4.74 Å². The Morgan fingerprint density at radius 2 is 1.32 bits per heavy atom. The van der Waals surface area contributed by atoms with Gasteiger partial charge in [0, 0.05) is 13.8 Å². The van der Waals surface area contributed by atoms with Crippen LogP contribution in [0.15, 0.2) is 0 Å². The van der Waals surface area contributed by atoms with Crippen LogP contribution in [0.3, 0.4) is 0 Å². The molecular formula is C15H24O7. The highest BCUT2D eigenvalue weighted by atomic mass is 16.7. The molecule has 7 heteroatoms. The summed E-state index contributed by atoms with van der Waals surface area (Å²) in [6.07, 6.45) is 2.71. The second kappa shape index (κ2) is 10.2. The molecular weight excluding hydrogens is 292 g/mol. The van der Waals surface area contributed by atoms with Gasteiger partial charge in [0.25, 0.3) is 0 Å². The van der Waals surface area contributed by atoms with Crippen LogP contribution >= 0.6 is 0 Å². The molecule has 0 saturated heterocycles. The highest BCUT2D eigenvalue weighted by Crippen LogP contribution is 2.19. The van der Waals surface area contributed by atoms with E-state index in [1.54, 1.807) is 0 Å². The first-order chi connectivity index (χ1) is 10.3. The number of rotatable bonds is 11. The lowest BCUT2D eigenvalue weighted by Crippen LogP contribution is -2.54. The van der Waals surface area contributed by atoms with E-state index in [1.807, 2.05) is 13.8 Å². The van der Waals surface area contributed by atoms with Gasteiger partial charge in [0.2, 0.25) is 0 Å². The van der Waals surface area contributed by atoms with Crippen molar-refractivity contribution in [2.45, 2.75) is 59.2 Å². The minimum absolute atomic E-state index is 0.0707. The minimum Gasteiger partial charge on any atom is -0.387 e. The van der Waals surface area contributed by atoms with E-state index < -0.39 is 29.3 Å². The predicted octanol–water partition coefficient (Wildman–Crippen LogP) is 1.56. The Kier molecular flexibility index (Phi) is 9.44. The van der Waals surface area contributed by atoms with Crippen LogP contribution in [0.2, 0.25) is 0 Å². The number of ketones is 2. The molecule has 0 spiro atoms. The van der Waals surface area contributed by atoms with Crippen molar-refractivity contribution >= 4 is 23.5 Å². The standard InChI is InChI=1S/C15H24O7/c1-5-7-9-20-15(11(3)16,21-10-8-6-2)13(18)14(19)22-12(4)17/h5-10H2,1-4H3. The van der Waals surface area contributed by atoms with Crippen molar-refractivity contribution in [3.05, 3.63) is 0 Å². The SMILES string of the molecule is CCCCOC(OCCCC)(C(C)=O)C(=O)C(=O)OC(C)=O. The Morgan fingerprint density at radius 3 is 1.64 bits per heavy atom. The fraction of sp³-hybridized carbons (Fsp3) is 0.733. The number of hydrogen-bond acceptors (Lipinski definition) is 7. The lowest BCUT2D eigenvalue weighted by molar-refractivity contribution is -0.225. The maximum absolute atomic E-state index is 12.2.